The van der Waals surface area contributed by atoms with Gasteiger partial charge in [-0.2, -0.15) is 0 Å². The number of pyridine rings is 1. The summed E-state index contributed by atoms with van der Waals surface area (Å²) in [5.41, 5.74) is 0.110. The minimum absolute atomic E-state index is 0.100. The SMILES string of the molecule is Cc1[nH]c(=O)sc1S(=O)(=O)Nc1cc(C(=O)O)ccn1. The van der Waals surface area contributed by atoms with Gasteiger partial charge >= 0.3 is 10.8 Å². The van der Waals surface area contributed by atoms with Crippen LogP contribution >= 0.6 is 11.3 Å². The molecule has 10 heteroatoms. The third-order valence-electron chi connectivity index (χ3n) is 2.27. The van der Waals surface area contributed by atoms with Crippen molar-refractivity contribution >= 4 is 33.1 Å². The van der Waals surface area contributed by atoms with Gasteiger partial charge in [0.2, 0.25) is 0 Å². The molecular formula is C10H9N3O5S2. The molecule has 3 N–H and O–H groups in total. The van der Waals surface area contributed by atoms with Gasteiger partial charge in [0.1, 0.15) is 5.82 Å². The number of carboxylic acids is 1. The van der Waals surface area contributed by atoms with Crippen molar-refractivity contribution in [1.82, 2.24) is 9.97 Å². The van der Waals surface area contributed by atoms with E-state index in [1.165, 1.54) is 19.2 Å². The number of aromatic carboxylic acids is 1. The highest BCUT2D eigenvalue weighted by Gasteiger charge is 2.21. The highest BCUT2D eigenvalue weighted by Crippen LogP contribution is 2.19. The number of nitrogens with zero attached hydrogens (tertiary/aromatic N) is 1. The van der Waals surface area contributed by atoms with Gasteiger partial charge in [-0.3, -0.25) is 9.52 Å². The average Bonchev–Trinajstić information content (AvgIpc) is 2.69. The summed E-state index contributed by atoms with van der Waals surface area (Å²) < 4.78 is 26.1. The fraction of sp³-hybridized carbons (Fsp3) is 0.100. The molecule has 8 nitrogen and oxygen atoms in total. The van der Waals surface area contributed by atoms with Crippen molar-refractivity contribution in [2.45, 2.75) is 11.1 Å². The number of sulfonamides is 1. The molecule has 0 amide bonds. The highest BCUT2D eigenvalue weighted by molar-refractivity contribution is 7.94. The van der Waals surface area contributed by atoms with Crippen LogP contribution in [0.3, 0.4) is 0 Å². The highest BCUT2D eigenvalue weighted by atomic mass is 32.2. The Morgan fingerprint density at radius 2 is 2.20 bits per heavy atom. The van der Waals surface area contributed by atoms with E-state index in [4.69, 9.17) is 5.11 Å². The molecule has 0 aromatic carbocycles. The number of hydrogen-bond donors (Lipinski definition) is 3. The molecule has 0 spiro atoms. The summed E-state index contributed by atoms with van der Waals surface area (Å²) in [5, 5.41) is 8.82. The van der Waals surface area contributed by atoms with Crippen LogP contribution in [0.1, 0.15) is 16.1 Å². The van der Waals surface area contributed by atoms with Gasteiger partial charge in [0.25, 0.3) is 10.0 Å². The molecule has 20 heavy (non-hydrogen) atoms. The van der Waals surface area contributed by atoms with Gasteiger partial charge in [0.05, 0.1) is 5.56 Å². The molecular weight excluding hydrogens is 306 g/mol. The summed E-state index contributed by atoms with van der Waals surface area (Å²) >= 11 is 0.545. The molecule has 2 rings (SSSR count). The molecule has 0 radical (unpaired) electrons. The molecule has 2 heterocycles. The molecule has 0 bridgehead atoms. The maximum atomic E-state index is 12.1. The Kier molecular flexibility index (Phi) is 3.59. The number of thiazole rings is 1. The Bertz CT molecular complexity index is 821. The number of aromatic amines is 1. The van der Waals surface area contributed by atoms with Gasteiger partial charge in [-0.1, -0.05) is 11.3 Å². The number of anilines is 1. The Morgan fingerprint density at radius 1 is 1.50 bits per heavy atom. The summed E-state index contributed by atoms with van der Waals surface area (Å²) in [6, 6.07) is 2.32. The first-order chi connectivity index (χ1) is 9.29. The second-order valence-electron chi connectivity index (χ2n) is 3.77. The summed E-state index contributed by atoms with van der Waals surface area (Å²) in [6.45, 7) is 1.45. The molecule has 0 unspecified atom stereocenters. The third kappa shape index (κ3) is 2.86. The molecule has 0 saturated carbocycles. The number of H-pyrrole nitrogens is 1. The van der Waals surface area contributed by atoms with E-state index < -0.39 is 20.9 Å². The van der Waals surface area contributed by atoms with E-state index >= 15 is 0 Å². The van der Waals surface area contributed by atoms with Crippen LogP contribution in [-0.4, -0.2) is 29.5 Å². The fourth-order valence-corrected chi connectivity index (χ4v) is 3.75. The van der Waals surface area contributed by atoms with Gasteiger partial charge in [-0.05, 0) is 19.1 Å². The summed E-state index contributed by atoms with van der Waals surface area (Å²) in [5.74, 6) is -1.33. The molecule has 106 valence electrons. The molecule has 2 aromatic heterocycles. The Hall–Kier alpha value is -2.20. The lowest BCUT2D eigenvalue weighted by molar-refractivity contribution is 0.0697. The number of nitrogens with one attached hydrogen (secondary N) is 2. The van der Waals surface area contributed by atoms with Gasteiger partial charge in [0, 0.05) is 11.9 Å². The van der Waals surface area contributed by atoms with Crippen molar-refractivity contribution in [2.24, 2.45) is 0 Å². The second kappa shape index (κ2) is 5.06. The van der Waals surface area contributed by atoms with Gasteiger partial charge in [-0.25, -0.2) is 18.2 Å². The molecule has 0 fully saturated rings. The van der Waals surface area contributed by atoms with E-state index in [0.717, 1.165) is 6.07 Å². The average molecular weight is 315 g/mol. The van der Waals surface area contributed by atoms with Crippen LogP contribution in [0.2, 0.25) is 0 Å². The first kappa shape index (κ1) is 14.2. The normalized spacial score (nSPS) is 11.2. The Labute approximate surface area is 117 Å². The number of rotatable bonds is 4. The van der Waals surface area contributed by atoms with Crippen LogP contribution in [0.15, 0.2) is 27.3 Å². The van der Waals surface area contributed by atoms with Crippen LogP contribution in [0.5, 0.6) is 0 Å². The monoisotopic (exact) mass is 315 g/mol. The van der Waals surface area contributed by atoms with Crippen molar-refractivity contribution in [2.75, 3.05) is 4.72 Å². The Morgan fingerprint density at radius 3 is 2.75 bits per heavy atom. The van der Waals surface area contributed by atoms with Gasteiger partial charge in [0.15, 0.2) is 4.21 Å². The minimum Gasteiger partial charge on any atom is -0.478 e. The summed E-state index contributed by atoms with van der Waals surface area (Å²) in [6.07, 6.45) is 1.17. The van der Waals surface area contributed by atoms with Crippen LogP contribution in [0.4, 0.5) is 5.82 Å². The molecule has 0 aliphatic carbocycles. The first-order valence-electron chi connectivity index (χ1n) is 5.21. The van der Waals surface area contributed by atoms with Crippen molar-refractivity contribution in [1.29, 1.82) is 0 Å². The van der Waals surface area contributed by atoms with E-state index in [0.29, 0.717) is 11.3 Å². The molecule has 0 saturated heterocycles. The maximum Gasteiger partial charge on any atom is 0.335 e. The van der Waals surface area contributed by atoms with Gasteiger partial charge < -0.3 is 10.1 Å². The molecule has 2 aromatic rings. The molecule has 0 aliphatic heterocycles. The number of hydrogen-bond acceptors (Lipinski definition) is 6. The summed E-state index contributed by atoms with van der Waals surface area (Å²) in [7, 11) is -3.98. The smallest absolute Gasteiger partial charge is 0.335 e. The lowest BCUT2D eigenvalue weighted by atomic mass is 10.3. The maximum absolute atomic E-state index is 12.1. The predicted molar refractivity (Wildman–Crippen MR) is 71.7 cm³/mol. The van der Waals surface area contributed by atoms with E-state index in [2.05, 4.69) is 14.7 Å². The lowest BCUT2D eigenvalue weighted by Gasteiger charge is -2.06. The van der Waals surface area contributed by atoms with Crippen molar-refractivity contribution in [3.05, 3.63) is 39.3 Å². The van der Waals surface area contributed by atoms with Crippen molar-refractivity contribution in [3.8, 4) is 0 Å². The van der Waals surface area contributed by atoms with E-state index in [1.807, 2.05) is 0 Å². The van der Waals surface area contributed by atoms with Crippen molar-refractivity contribution in [3.63, 3.8) is 0 Å². The minimum atomic E-state index is -3.98. The van der Waals surface area contributed by atoms with Crippen LogP contribution < -0.4 is 9.60 Å². The number of carboxylic acid groups (broad SMARTS) is 1. The topological polar surface area (TPSA) is 129 Å². The van der Waals surface area contributed by atoms with Crippen LogP contribution in [0.25, 0.3) is 0 Å². The third-order valence-corrected chi connectivity index (χ3v) is 5.23. The van der Waals surface area contributed by atoms with Crippen molar-refractivity contribution < 1.29 is 18.3 Å². The number of aryl methyl sites for hydroxylation is 1. The zero-order chi connectivity index (χ0) is 14.9. The van der Waals surface area contributed by atoms with E-state index in [-0.39, 0.29) is 21.3 Å². The molecule has 0 aliphatic rings. The second-order valence-corrected chi connectivity index (χ2v) is 6.63. The number of carbonyl (C=O) groups is 1. The van der Waals surface area contributed by atoms with E-state index in [9.17, 15) is 18.0 Å². The quantitative estimate of drug-likeness (QED) is 0.759. The Balaban J connectivity index is 2.38. The summed E-state index contributed by atoms with van der Waals surface area (Å²) in [4.78, 5) is 27.5. The largest absolute Gasteiger partial charge is 0.478 e. The zero-order valence-electron chi connectivity index (χ0n) is 10.1. The molecule has 0 atom stereocenters. The predicted octanol–water partition coefficient (Wildman–Crippen LogP) is 0.639. The zero-order valence-corrected chi connectivity index (χ0v) is 11.7. The standard InChI is InChI=1S/C10H9N3O5S2/c1-5-9(19-10(16)12-5)20(17,18)13-7-4-6(8(14)15)2-3-11-7/h2-4H,1H3,(H,11,13)(H,12,16)(H,14,15). The fourth-order valence-electron chi connectivity index (χ4n) is 1.45. The lowest BCUT2D eigenvalue weighted by Crippen LogP contribution is -2.14. The van der Waals surface area contributed by atoms with E-state index in [1.54, 1.807) is 0 Å². The number of aromatic nitrogens is 2. The first-order valence-corrected chi connectivity index (χ1v) is 7.51. The van der Waals surface area contributed by atoms with Crippen LogP contribution in [-0.2, 0) is 10.0 Å². The van der Waals surface area contributed by atoms with Gasteiger partial charge in [-0.15, -0.1) is 0 Å². The van der Waals surface area contributed by atoms with Crippen LogP contribution in [0, 0.1) is 6.92 Å².